The molecule has 0 spiro atoms. The van der Waals surface area contributed by atoms with Crippen molar-refractivity contribution in [2.45, 2.75) is 45.8 Å². The lowest BCUT2D eigenvalue weighted by atomic mass is 10.0. The normalized spacial score (nSPS) is 11.5. The van der Waals surface area contributed by atoms with Crippen molar-refractivity contribution in [3.05, 3.63) is 75.2 Å². The summed E-state index contributed by atoms with van der Waals surface area (Å²) in [4.78, 5) is 24.6. The first-order chi connectivity index (χ1) is 14.2. The van der Waals surface area contributed by atoms with Crippen molar-refractivity contribution in [1.29, 1.82) is 0 Å². The zero-order chi connectivity index (χ0) is 21.7. The molecule has 1 N–H and O–H groups in total. The van der Waals surface area contributed by atoms with Crippen LogP contribution in [0, 0.1) is 0 Å². The van der Waals surface area contributed by atoms with Crippen LogP contribution in [0.3, 0.4) is 0 Å². The molecule has 2 aromatic carbocycles. The number of nitrogens with one attached hydrogen (secondary N) is 1. The number of halogens is 1. The molecule has 3 rings (SSSR count). The molecule has 0 radical (unpaired) electrons. The minimum Gasteiger partial charge on any atom is -0.444 e. The summed E-state index contributed by atoms with van der Waals surface area (Å²) in [6, 6.07) is 15.1. The summed E-state index contributed by atoms with van der Waals surface area (Å²) in [5, 5.41) is 9.49. The van der Waals surface area contributed by atoms with Crippen LogP contribution in [0.5, 0.6) is 0 Å². The highest BCUT2D eigenvalue weighted by molar-refractivity contribution is 6.30. The minimum absolute atomic E-state index is 0.136. The molecule has 1 heterocycles. The van der Waals surface area contributed by atoms with E-state index in [0.29, 0.717) is 36.3 Å². The van der Waals surface area contributed by atoms with Gasteiger partial charge < -0.3 is 10.1 Å². The zero-order valence-corrected chi connectivity index (χ0v) is 18.2. The molecule has 0 saturated carbocycles. The van der Waals surface area contributed by atoms with Crippen molar-refractivity contribution in [2.75, 3.05) is 6.54 Å². The van der Waals surface area contributed by atoms with E-state index in [2.05, 4.69) is 10.4 Å². The van der Waals surface area contributed by atoms with Gasteiger partial charge in [0.05, 0.1) is 11.1 Å². The maximum absolute atomic E-state index is 12.9. The topological polar surface area (TPSA) is 73.2 Å². The quantitative estimate of drug-likeness (QED) is 0.585. The minimum atomic E-state index is -0.544. The van der Waals surface area contributed by atoms with Gasteiger partial charge in [-0.3, -0.25) is 4.79 Å². The van der Waals surface area contributed by atoms with E-state index in [0.717, 1.165) is 16.6 Å². The molecule has 1 amide bonds. The number of nitrogens with zero attached hydrogens (tertiary/aromatic N) is 2. The summed E-state index contributed by atoms with van der Waals surface area (Å²) in [5.74, 6) is 0. The monoisotopic (exact) mass is 427 g/mol. The molecule has 0 fully saturated rings. The Morgan fingerprint density at radius 2 is 1.77 bits per heavy atom. The summed E-state index contributed by atoms with van der Waals surface area (Å²) < 4.78 is 6.70. The summed E-state index contributed by atoms with van der Waals surface area (Å²) in [5.41, 5.74) is 1.21. The predicted molar refractivity (Wildman–Crippen MR) is 119 cm³/mol. The van der Waals surface area contributed by atoms with Gasteiger partial charge in [0.25, 0.3) is 5.56 Å². The first-order valence-corrected chi connectivity index (χ1v) is 10.3. The Balaban J connectivity index is 1.76. The van der Waals surface area contributed by atoms with Gasteiger partial charge in [0.1, 0.15) is 5.60 Å². The van der Waals surface area contributed by atoms with Crippen LogP contribution in [0.25, 0.3) is 10.8 Å². The third-order valence-electron chi connectivity index (χ3n) is 4.44. The van der Waals surface area contributed by atoms with Crippen molar-refractivity contribution >= 4 is 28.5 Å². The number of amides is 1. The Bertz CT molecular complexity index is 1090. The predicted octanol–water partition coefficient (Wildman–Crippen LogP) is 4.56. The second-order valence-corrected chi connectivity index (χ2v) is 8.54. The van der Waals surface area contributed by atoms with E-state index in [9.17, 15) is 9.59 Å². The van der Waals surface area contributed by atoms with Gasteiger partial charge in [-0.05, 0) is 51.0 Å². The summed E-state index contributed by atoms with van der Waals surface area (Å²) in [7, 11) is 0. The highest BCUT2D eigenvalue weighted by Crippen LogP contribution is 2.18. The number of rotatable bonds is 6. The summed E-state index contributed by atoms with van der Waals surface area (Å²) >= 11 is 5.98. The van der Waals surface area contributed by atoms with Gasteiger partial charge in [-0.15, -0.1) is 0 Å². The van der Waals surface area contributed by atoms with E-state index in [1.54, 1.807) is 0 Å². The van der Waals surface area contributed by atoms with Crippen molar-refractivity contribution in [3.8, 4) is 0 Å². The number of ether oxygens (including phenoxy) is 1. The zero-order valence-electron chi connectivity index (χ0n) is 17.4. The highest BCUT2D eigenvalue weighted by Gasteiger charge is 2.16. The second-order valence-electron chi connectivity index (χ2n) is 8.11. The Hall–Kier alpha value is -2.86. The van der Waals surface area contributed by atoms with Crippen molar-refractivity contribution in [1.82, 2.24) is 15.1 Å². The van der Waals surface area contributed by atoms with Crippen LogP contribution in [-0.4, -0.2) is 28.0 Å². The third kappa shape index (κ3) is 5.83. The van der Waals surface area contributed by atoms with Crippen LogP contribution >= 0.6 is 11.6 Å². The maximum atomic E-state index is 12.9. The number of carbonyl (C=O) groups is 1. The molecule has 0 bridgehead atoms. The number of carbonyl (C=O) groups excluding carboxylic acids is 1. The Morgan fingerprint density at radius 1 is 1.10 bits per heavy atom. The van der Waals surface area contributed by atoms with Crippen molar-refractivity contribution in [3.63, 3.8) is 0 Å². The first kappa shape index (κ1) is 21.8. The largest absolute Gasteiger partial charge is 0.444 e. The van der Waals surface area contributed by atoms with Gasteiger partial charge in [-0.2, -0.15) is 5.10 Å². The molecule has 3 aromatic rings. The number of aromatic nitrogens is 2. The number of fused-ring (bicyclic) bond motifs is 1. The van der Waals surface area contributed by atoms with Gasteiger partial charge in [0.2, 0.25) is 0 Å². The highest BCUT2D eigenvalue weighted by atomic mass is 35.5. The number of aryl methyl sites for hydroxylation is 1. The molecule has 0 atom stereocenters. The van der Waals surface area contributed by atoms with E-state index in [1.807, 2.05) is 69.3 Å². The van der Waals surface area contributed by atoms with Gasteiger partial charge in [-0.25, -0.2) is 9.48 Å². The smallest absolute Gasteiger partial charge is 0.407 e. The van der Waals surface area contributed by atoms with Gasteiger partial charge >= 0.3 is 6.09 Å². The molecular formula is C23H26ClN3O3. The van der Waals surface area contributed by atoms with E-state index >= 15 is 0 Å². The molecule has 0 unspecified atom stereocenters. The average molecular weight is 428 g/mol. The van der Waals surface area contributed by atoms with Gasteiger partial charge in [-0.1, -0.05) is 41.9 Å². The third-order valence-corrected chi connectivity index (χ3v) is 4.70. The van der Waals surface area contributed by atoms with Crippen LogP contribution in [0.1, 0.15) is 38.4 Å². The van der Waals surface area contributed by atoms with Crippen LogP contribution < -0.4 is 10.9 Å². The fourth-order valence-corrected chi connectivity index (χ4v) is 3.24. The summed E-state index contributed by atoms with van der Waals surface area (Å²) in [6.07, 6.45) is 0.684. The Kier molecular flexibility index (Phi) is 6.77. The van der Waals surface area contributed by atoms with E-state index in [-0.39, 0.29) is 5.56 Å². The lowest BCUT2D eigenvalue weighted by Crippen LogP contribution is -2.34. The van der Waals surface area contributed by atoms with Gasteiger partial charge in [0, 0.05) is 29.9 Å². The van der Waals surface area contributed by atoms with E-state index in [1.165, 1.54) is 4.68 Å². The number of hydrogen-bond acceptors (Lipinski definition) is 4. The van der Waals surface area contributed by atoms with Crippen molar-refractivity contribution in [2.24, 2.45) is 0 Å². The lowest BCUT2D eigenvalue weighted by molar-refractivity contribution is 0.0526. The molecule has 0 aliphatic carbocycles. The van der Waals surface area contributed by atoms with Crippen LogP contribution in [0.15, 0.2) is 53.3 Å². The molecule has 0 aliphatic heterocycles. The number of benzene rings is 2. The SMILES string of the molecule is CC(C)(C)OC(=O)NCCCn1nc(Cc2ccc(Cl)cc2)c2ccccc2c1=O. The van der Waals surface area contributed by atoms with Gasteiger partial charge in [0.15, 0.2) is 0 Å². The molecule has 0 aliphatic rings. The fourth-order valence-electron chi connectivity index (χ4n) is 3.12. The molecular weight excluding hydrogens is 402 g/mol. The molecule has 0 saturated heterocycles. The average Bonchev–Trinajstić information content (AvgIpc) is 2.68. The molecule has 158 valence electrons. The van der Waals surface area contributed by atoms with E-state index < -0.39 is 11.7 Å². The number of hydrogen-bond donors (Lipinski definition) is 1. The Labute approximate surface area is 180 Å². The van der Waals surface area contributed by atoms with Crippen LogP contribution in [-0.2, 0) is 17.7 Å². The molecule has 7 heteroatoms. The maximum Gasteiger partial charge on any atom is 0.407 e. The first-order valence-electron chi connectivity index (χ1n) is 9.93. The lowest BCUT2D eigenvalue weighted by Gasteiger charge is -2.19. The fraction of sp³-hybridized carbons (Fsp3) is 0.348. The molecule has 6 nitrogen and oxygen atoms in total. The van der Waals surface area contributed by atoms with Crippen LogP contribution in [0.4, 0.5) is 4.79 Å². The standard InChI is InChI=1S/C23H26ClN3O3/c1-23(2,3)30-22(29)25-13-6-14-27-21(28)19-8-5-4-7-18(19)20(26-27)15-16-9-11-17(24)12-10-16/h4-5,7-12H,6,13-15H2,1-3H3,(H,25,29). The molecule has 1 aromatic heterocycles. The second kappa shape index (κ2) is 9.30. The number of alkyl carbamates (subject to hydrolysis) is 1. The van der Waals surface area contributed by atoms with Crippen LogP contribution in [0.2, 0.25) is 5.02 Å². The Morgan fingerprint density at radius 3 is 2.43 bits per heavy atom. The summed E-state index contributed by atoms with van der Waals surface area (Å²) in [6.45, 7) is 6.23. The molecule has 30 heavy (non-hydrogen) atoms. The van der Waals surface area contributed by atoms with Crippen molar-refractivity contribution < 1.29 is 9.53 Å². The van der Waals surface area contributed by atoms with E-state index in [4.69, 9.17) is 16.3 Å².